The molecule has 0 bridgehead atoms. The van der Waals surface area contributed by atoms with Crippen molar-refractivity contribution < 1.29 is 9.47 Å². The first-order chi connectivity index (χ1) is 11.8. The molecule has 7 nitrogen and oxygen atoms in total. The molecule has 126 valence electrons. The van der Waals surface area contributed by atoms with Gasteiger partial charge >= 0.3 is 6.01 Å². The average molecular weight is 327 g/mol. The number of rotatable bonds is 5. The molecule has 0 saturated carbocycles. The molecule has 4 heterocycles. The Hall–Kier alpha value is -2.28. The van der Waals surface area contributed by atoms with Gasteiger partial charge in [-0.1, -0.05) is 0 Å². The lowest BCUT2D eigenvalue weighted by molar-refractivity contribution is -0.115. The van der Waals surface area contributed by atoms with Gasteiger partial charge in [-0.05, 0) is 37.3 Å². The third-order valence-corrected chi connectivity index (χ3v) is 4.69. The molecule has 7 heteroatoms. The molecule has 0 unspecified atom stereocenters. The summed E-state index contributed by atoms with van der Waals surface area (Å²) in [7, 11) is 0. The van der Waals surface area contributed by atoms with Crippen LogP contribution in [-0.2, 0) is 4.74 Å². The topological polar surface area (TPSA) is 73.3 Å². The van der Waals surface area contributed by atoms with E-state index in [1.165, 1.54) is 0 Å². The molecule has 2 aromatic heterocycles. The fourth-order valence-corrected chi connectivity index (χ4v) is 3.52. The maximum Gasteiger partial charge on any atom is 0.316 e. The fourth-order valence-electron chi connectivity index (χ4n) is 3.52. The van der Waals surface area contributed by atoms with Gasteiger partial charge in [0.05, 0.1) is 19.7 Å². The summed E-state index contributed by atoms with van der Waals surface area (Å²) in [5.74, 6) is 1.40. The minimum absolute atomic E-state index is 0.0363. The Morgan fingerprint density at radius 2 is 1.79 bits per heavy atom. The van der Waals surface area contributed by atoms with Crippen molar-refractivity contribution in [2.75, 3.05) is 31.2 Å². The van der Waals surface area contributed by atoms with Crippen molar-refractivity contribution in [1.82, 2.24) is 19.9 Å². The van der Waals surface area contributed by atoms with Gasteiger partial charge in [-0.2, -0.15) is 0 Å². The second-order valence-corrected chi connectivity index (χ2v) is 6.46. The Bertz CT molecular complexity index is 649. The van der Waals surface area contributed by atoms with E-state index in [1.807, 2.05) is 6.07 Å². The van der Waals surface area contributed by atoms with Crippen molar-refractivity contribution in [2.24, 2.45) is 5.92 Å². The maximum atomic E-state index is 6.09. The van der Waals surface area contributed by atoms with E-state index >= 15 is 0 Å². The summed E-state index contributed by atoms with van der Waals surface area (Å²) in [5, 5.41) is 0. The van der Waals surface area contributed by atoms with Crippen LogP contribution in [0, 0.1) is 5.92 Å². The summed E-state index contributed by atoms with van der Waals surface area (Å²) in [6.07, 6.45) is 10.1. The van der Waals surface area contributed by atoms with Crippen LogP contribution in [0.15, 0.2) is 36.9 Å². The van der Waals surface area contributed by atoms with E-state index < -0.39 is 0 Å². The van der Waals surface area contributed by atoms with Crippen molar-refractivity contribution in [3.8, 4) is 6.01 Å². The van der Waals surface area contributed by atoms with Crippen LogP contribution in [-0.4, -0.2) is 51.8 Å². The average Bonchev–Trinajstić information content (AvgIpc) is 2.61. The summed E-state index contributed by atoms with van der Waals surface area (Å²) < 4.78 is 11.7. The fraction of sp³-hybridized carbons (Fsp3) is 0.529. The van der Waals surface area contributed by atoms with Crippen LogP contribution in [0.1, 0.15) is 19.3 Å². The largest absolute Gasteiger partial charge is 0.463 e. The molecule has 4 rings (SSSR count). The molecule has 2 fully saturated rings. The highest BCUT2D eigenvalue weighted by Crippen LogP contribution is 2.39. The van der Waals surface area contributed by atoms with Gasteiger partial charge < -0.3 is 14.4 Å². The van der Waals surface area contributed by atoms with Crippen LogP contribution in [0.4, 0.5) is 5.95 Å². The van der Waals surface area contributed by atoms with E-state index in [-0.39, 0.29) is 5.60 Å². The number of nitrogens with zero attached hydrogens (tertiary/aromatic N) is 5. The number of aromatic nitrogens is 4. The molecule has 24 heavy (non-hydrogen) atoms. The SMILES string of the molecule is c1cnc(OCC[C@H]2CCOC3(C2)CN(c2ncccn2)C3)nc1. The zero-order valence-corrected chi connectivity index (χ0v) is 13.5. The quantitative estimate of drug-likeness (QED) is 0.828. The van der Waals surface area contributed by atoms with E-state index in [1.54, 1.807) is 30.9 Å². The molecule has 2 aliphatic heterocycles. The predicted octanol–water partition coefficient (Wildman–Crippen LogP) is 1.72. The van der Waals surface area contributed by atoms with Crippen molar-refractivity contribution in [2.45, 2.75) is 24.9 Å². The highest BCUT2D eigenvalue weighted by Gasteiger charge is 2.48. The van der Waals surface area contributed by atoms with Gasteiger partial charge in [0.25, 0.3) is 0 Å². The summed E-state index contributed by atoms with van der Waals surface area (Å²) >= 11 is 0. The van der Waals surface area contributed by atoms with Gasteiger partial charge in [-0.25, -0.2) is 19.9 Å². The first-order valence-electron chi connectivity index (χ1n) is 8.39. The Morgan fingerprint density at radius 1 is 1.08 bits per heavy atom. The lowest BCUT2D eigenvalue weighted by Gasteiger charge is -2.53. The standard InChI is InChI=1S/C17H21N5O2/c1-5-18-15(19-6-1)22-12-17(13-22)11-14(4-10-24-17)3-9-23-16-20-7-2-8-21-16/h1-2,5-8,14H,3-4,9-13H2/t14-/m0/s1. The van der Waals surface area contributed by atoms with Crippen LogP contribution >= 0.6 is 0 Å². The number of anilines is 1. The van der Waals surface area contributed by atoms with Crippen LogP contribution in [0.5, 0.6) is 6.01 Å². The number of ether oxygens (including phenoxy) is 2. The van der Waals surface area contributed by atoms with E-state index in [9.17, 15) is 0 Å². The molecule has 2 aromatic rings. The van der Waals surface area contributed by atoms with Gasteiger partial charge in [0.15, 0.2) is 0 Å². The van der Waals surface area contributed by atoms with Crippen molar-refractivity contribution in [1.29, 1.82) is 0 Å². The normalized spacial score (nSPS) is 22.2. The second-order valence-electron chi connectivity index (χ2n) is 6.46. The molecule has 1 spiro atoms. The first kappa shape index (κ1) is 15.3. The first-order valence-corrected chi connectivity index (χ1v) is 8.39. The molecular formula is C17H21N5O2. The molecule has 0 radical (unpaired) electrons. The molecule has 2 aliphatic rings. The Morgan fingerprint density at radius 3 is 2.54 bits per heavy atom. The van der Waals surface area contributed by atoms with E-state index in [0.29, 0.717) is 18.5 Å². The van der Waals surface area contributed by atoms with Gasteiger partial charge in [0.2, 0.25) is 5.95 Å². The third kappa shape index (κ3) is 3.31. The highest BCUT2D eigenvalue weighted by atomic mass is 16.5. The summed E-state index contributed by atoms with van der Waals surface area (Å²) in [6, 6.07) is 4.08. The van der Waals surface area contributed by atoms with E-state index in [4.69, 9.17) is 9.47 Å². The Labute approximate surface area is 141 Å². The third-order valence-electron chi connectivity index (χ3n) is 4.69. The number of hydrogen-bond donors (Lipinski definition) is 0. The van der Waals surface area contributed by atoms with E-state index in [0.717, 1.165) is 44.9 Å². The summed E-state index contributed by atoms with van der Waals surface area (Å²) in [6.45, 7) is 3.21. The van der Waals surface area contributed by atoms with Crippen molar-refractivity contribution in [3.63, 3.8) is 0 Å². The summed E-state index contributed by atoms with van der Waals surface area (Å²) in [4.78, 5) is 19.0. The molecule has 0 aliphatic carbocycles. The molecular weight excluding hydrogens is 306 g/mol. The van der Waals surface area contributed by atoms with Crippen LogP contribution in [0.3, 0.4) is 0 Å². The lowest BCUT2D eigenvalue weighted by atomic mass is 9.79. The van der Waals surface area contributed by atoms with Gasteiger partial charge in [-0.3, -0.25) is 0 Å². The van der Waals surface area contributed by atoms with Crippen molar-refractivity contribution >= 4 is 5.95 Å². The van der Waals surface area contributed by atoms with Crippen LogP contribution in [0.2, 0.25) is 0 Å². The zero-order chi connectivity index (χ0) is 16.2. The molecule has 0 aromatic carbocycles. The highest BCUT2D eigenvalue weighted by molar-refractivity contribution is 5.37. The molecule has 2 saturated heterocycles. The minimum atomic E-state index is -0.0363. The van der Waals surface area contributed by atoms with Crippen LogP contribution < -0.4 is 9.64 Å². The predicted molar refractivity (Wildman–Crippen MR) is 87.8 cm³/mol. The minimum Gasteiger partial charge on any atom is -0.463 e. The van der Waals surface area contributed by atoms with Gasteiger partial charge in [0, 0.05) is 31.4 Å². The van der Waals surface area contributed by atoms with Crippen molar-refractivity contribution in [3.05, 3.63) is 36.9 Å². The smallest absolute Gasteiger partial charge is 0.316 e. The van der Waals surface area contributed by atoms with Crippen LogP contribution in [0.25, 0.3) is 0 Å². The maximum absolute atomic E-state index is 6.09. The molecule has 0 N–H and O–H groups in total. The van der Waals surface area contributed by atoms with Gasteiger partial charge in [0.1, 0.15) is 5.60 Å². The zero-order valence-electron chi connectivity index (χ0n) is 13.5. The Balaban J connectivity index is 1.26. The molecule has 0 amide bonds. The molecule has 1 atom stereocenters. The monoisotopic (exact) mass is 327 g/mol. The Kier molecular flexibility index (Phi) is 4.25. The van der Waals surface area contributed by atoms with Gasteiger partial charge in [-0.15, -0.1) is 0 Å². The van der Waals surface area contributed by atoms with E-state index in [2.05, 4.69) is 24.8 Å². The lowest BCUT2D eigenvalue weighted by Crippen LogP contribution is -2.66. The second kappa shape index (κ2) is 6.68. The number of hydrogen-bond acceptors (Lipinski definition) is 7. The summed E-state index contributed by atoms with van der Waals surface area (Å²) in [5.41, 5.74) is -0.0363.